The van der Waals surface area contributed by atoms with E-state index in [1.54, 1.807) is 0 Å². The van der Waals surface area contributed by atoms with Crippen LogP contribution in [0.15, 0.2) is 24.3 Å². The maximum atomic E-state index is 7.35. The van der Waals surface area contributed by atoms with Crippen molar-refractivity contribution in [3.63, 3.8) is 0 Å². The summed E-state index contributed by atoms with van der Waals surface area (Å²) in [4.78, 5) is 0. The topological polar surface area (TPSA) is 61.9 Å². The van der Waals surface area contributed by atoms with Crippen LogP contribution >= 0.6 is 0 Å². The predicted octanol–water partition coefficient (Wildman–Crippen LogP) is 2.57. The lowest BCUT2D eigenvalue weighted by molar-refractivity contribution is 0.690. The lowest BCUT2D eigenvalue weighted by Gasteiger charge is -2.14. The molecule has 0 unspecified atom stereocenters. The minimum Gasteiger partial charge on any atom is -0.384 e. The second-order valence-corrected chi connectivity index (χ2v) is 3.83. The molecule has 0 spiro atoms. The molecule has 0 aromatic heterocycles. The summed E-state index contributed by atoms with van der Waals surface area (Å²) in [6, 6.07) is 8.13. The van der Waals surface area contributed by atoms with Gasteiger partial charge in [0, 0.05) is 17.3 Å². The number of anilines is 1. The summed E-state index contributed by atoms with van der Waals surface area (Å²) < 4.78 is 0. The van der Waals surface area contributed by atoms with Gasteiger partial charge < -0.3 is 11.1 Å². The van der Waals surface area contributed by atoms with Gasteiger partial charge in [0.25, 0.3) is 0 Å². The van der Waals surface area contributed by atoms with E-state index in [1.165, 1.54) is 6.42 Å². The highest BCUT2D eigenvalue weighted by Gasteiger charge is 2.02. The van der Waals surface area contributed by atoms with Crippen LogP contribution in [0.2, 0.25) is 0 Å². The molecule has 0 aliphatic rings. The maximum absolute atomic E-state index is 7.35. The third kappa shape index (κ3) is 3.62. The number of hydrogen-bond donors (Lipinski definition) is 3. The van der Waals surface area contributed by atoms with Crippen LogP contribution in [0.25, 0.3) is 0 Å². The summed E-state index contributed by atoms with van der Waals surface area (Å²) in [6.45, 7) is 4.33. The number of nitrogens with two attached hydrogens (primary N) is 1. The summed E-state index contributed by atoms with van der Waals surface area (Å²) in [5, 5.41) is 10.7. The van der Waals surface area contributed by atoms with Gasteiger partial charge in [-0.3, -0.25) is 5.41 Å². The molecule has 0 saturated heterocycles. The van der Waals surface area contributed by atoms with Crippen LogP contribution < -0.4 is 11.1 Å². The van der Waals surface area contributed by atoms with Gasteiger partial charge in [-0.25, -0.2) is 0 Å². The molecule has 4 N–H and O–H groups in total. The molecule has 1 aromatic rings. The largest absolute Gasteiger partial charge is 0.384 e. The number of benzene rings is 1. The monoisotopic (exact) mass is 205 g/mol. The maximum Gasteiger partial charge on any atom is 0.122 e. The number of nitrogens with one attached hydrogen (secondary N) is 2. The van der Waals surface area contributed by atoms with Crippen LogP contribution in [-0.4, -0.2) is 11.9 Å². The van der Waals surface area contributed by atoms with Crippen LogP contribution in [0.4, 0.5) is 5.69 Å². The average molecular weight is 205 g/mol. The zero-order valence-electron chi connectivity index (χ0n) is 9.38. The molecular weight excluding hydrogens is 186 g/mol. The molecule has 1 rings (SSSR count). The van der Waals surface area contributed by atoms with Crippen molar-refractivity contribution in [2.45, 2.75) is 32.7 Å². The van der Waals surface area contributed by atoms with E-state index >= 15 is 0 Å². The van der Waals surface area contributed by atoms with Gasteiger partial charge in [-0.2, -0.15) is 0 Å². The van der Waals surface area contributed by atoms with Crippen molar-refractivity contribution in [1.82, 2.24) is 0 Å². The van der Waals surface area contributed by atoms with Gasteiger partial charge in [0.2, 0.25) is 0 Å². The minimum absolute atomic E-state index is 0.113. The van der Waals surface area contributed by atoms with E-state index in [0.29, 0.717) is 6.04 Å². The molecule has 0 fully saturated rings. The van der Waals surface area contributed by atoms with Gasteiger partial charge in [-0.1, -0.05) is 25.5 Å². The molecule has 1 atom stereocenters. The molecule has 0 aliphatic carbocycles. The van der Waals surface area contributed by atoms with E-state index in [2.05, 4.69) is 19.2 Å². The highest BCUT2D eigenvalue weighted by atomic mass is 14.9. The molecule has 0 aliphatic heterocycles. The Hall–Kier alpha value is -1.51. The molecule has 0 heterocycles. The fourth-order valence-electron chi connectivity index (χ4n) is 1.57. The Labute approximate surface area is 91.2 Å². The normalized spacial score (nSPS) is 12.1. The van der Waals surface area contributed by atoms with Gasteiger partial charge in [-0.15, -0.1) is 0 Å². The Bertz CT molecular complexity index is 333. The Balaban J connectivity index is 2.69. The molecule has 0 saturated carbocycles. The van der Waals surface area contributed by atoms with E-state index in [0.717, 1.165) is 17.7 Å². The summed E-state index contributed by atoms with van der Waals surface area (Å²) in [7, 11) is 0. The minimum atomic E-state index is 0.113. The van der Waals surface area contributed by atoms with Crippen molar-refractivity contribution in [3.05, 3.63) is 29.8 Å². The quantitative estimate of drug-likeness (QED) is 0.511. The first kappa shape index (κ1) is 11.6. The van der Waals surface area contributed by atoms with Crippen LogP contribution in [0.1, 0.15) is 32.3 Å². The summed E-state index contributed by atoms with van der Waals surface area (Å²) in [5.74, 6) is 0.113. The number of nitrogen functional groups attached to an aromatic ring is 1. The van der Waals surface area contributed by atoms with E-state index in [9.17, 15) is 0 Å². The van der Waals surface area contributed by atoms with Gasteiger partial charge >= 0.3 is 0 Å². The first-order valence-electron chi connectivity index (χ1n) is 5.34. The highest BCUT2D eigenvalue weighted by Crippen LogP contribution is 2.12. The fourth-order valence-corrected chi connectivity index (χ4v) is 1.57. The predicted molar refractivity (Wildman–Crippen MR) is 65.5 cm³/mol. The molecule has 0 amide bonds. The van der Waals surface area contributed by atoms with Gasteiger partial charge in [-0.05, 0) is 25.5 Å². The van der Waals surface area contributed by atoms with Gasteiger partial charge in [0.15, 0.2) is 0 Å². The van der Waals surface area contributed by atoms with Crippen molar-refractivity contribution in [3.8, 4) is 0 Å². The van der Waals surface area contributed by atoms with E-state index in [1.807, 2.05) is 24.3 Å². The number of amidine groups is 1. The van der Waals surface area contributed by atoms with E-state index in [4.69, 9.17) is 11.1 Å². The second-order valence-electron chi connectivity index (χ2n) is 3.83. The third-order valence-corrected chi connectivity index (χ3v) is 2.31. The van der Waals surface area contributed by atoms with Crippen molar-refractivity contribution in [1.29, 1.82) is 5.41 Å². The lowest BCUT2D eigenvalue weighted by atomic mass is 10.1. The van der Waals surface area contributed by atoms with Gasteiger partial charge in [0.05, 0.1) is 0 Å². The van der Waals surface area contributed by atoms with Crippen molar-refractivity contribution < 1.29 is 0 Å². The summed E-state index contributed by atoms with van der Waals surface area (Å²) in [6.07, 6.45) is 2.31. The highest BCUT2D eigenvalue weighted by molar-refractivity contribution is 5.95. The molecular formula is C12H19N3. The van der Waals surface area contributed by atoms with Crippen molar-refractivity contribution >= 4 is 11.5 Å². The van der Waals surface area contributed by atoms with Crippen molar-refractivity contribution in [2.24, 2.45) is 5.73 Å². The zero-order chi connectivity index (χ0) is 11.3. The van der Waals surface area contributed by atoms with Crippen LogP contribution in [0, 0.1) is 5.41 Å². The molecule has 82 valence electrons. The molecule has 1 aromatic carbocycles. The molecule has 3 nitrogen and oxygen atoms in total. The Morgan fingerprint density at radius 2 is 2.27 bits per heavy atom. The molecule has 0 radical (unpaired) electrons. The SMILES string of the molecule is CCC[C@H](C)Nc1cccc(C(=N)N)c1. The second kappa shape index (κ2) is 5.39. The molecule has 0 bridgehead atoms. The zero-order valence-corrected chi connectivity index (χ0v) is 9.38. The van der Waals surface area contributed by atoms with E-state index in [-0.39, 0.29) is 5.84 Å². The first-order valence-corrected chi connectivity index (χ1v) is 5.34. The average Bonchev–Trinajstić information content (AvgIpc) is 2.18. The summed E-state index contributed by atoms with van der Waals surface area (Å²) >= 11 is 0. The lowest BCUT2D eigenvalue weighted by Crippen LogP contribution is -2.16. The smallest absolute Gasteiger partial charge is 0.122 e. The Morgan fingerprint density at radius 1 is 1.53 bits per heavy atom. The van der Waals surface area contributed by atoms with Crippen LogP contribution in [-0.2, 0) is 0 Å². The Morgan fingerprint density at radius 3 is 2.87 bits per heavy atom. The summed E-state index contributed by atoms with van der Waals surface area (Å²) in [5.41, 5.74) is 7.23. The standard InChI is InChI=1S/C12H19N3/c1-3-5-9(2)15-11-7-4-6-10(8-11)12(13)14/h4,6-9,15H,3,5H2,1-2H3,(H3,13,14)/t9-/m0/s1. The van der Waals surface area contributed by atoms with Crippen LogP contribution in [0.3, 0.4) is 0 Å². The number of hydrogen-bond acceptors (Lipinski definition) is 2. The first-order chi connectivity index (χ1) is 7.13. The number of rotatable bonds is 5. The Kier molecular flexibility index (Phi) is 4.16. The fraction of sp³-hybridized carbons (Fsp3) is 0.417. The van der Waals surface area contributed by atoms with Crippen molar-refractivity contribution in [2.75, 3.05) is 5.32 Å². The van der Waals surface area contributed by atoms with Gasteiger partial charge in [0.1, 0.15) is 5.84 Å². The van der Waals surface area contributed by atoms with Crippen LogP contribution in [0.5, 0.6) is 0 Å². The molecule has 15 heavy (non-hydrogen) atoms. The van der Waals surface area contributed by atoms with E-state index < -0.39 is 0 Å². The molecule has 3 heteroatoms. The third-order valence-electron chi connectivity index (χ3n) is 2.31.